The lowest BCUT2D eigenvalue weighted by Gasteiger charge is -2.09. The molecule has 0 aliphatic heterocycles. The average Bonchev–Trinajstić information content (AvgIpc) is 3.11. The first-order valence-electron chi connectivity index (χ1n) is 5.69. The zero-order chi connectivity index (χ0) is 13.1. The number of carboxylic acid groups (broad SMARTS) is 1. The van der Waals surface area contributed by atoms with Gasteiger partial charge in [-0.15, -0.1) is 0 Å². The molecule has 1 aromatic heterocycles. The van der Waals surface area contributed by atoms with Crippen LogP contribution in [0, 0.1) is 6.92 Å². The first kappa shape index (κ1) is 12.3. The van der Waals surface area contributed by atoms with Gasteiger partial charge >= 0.3 is 5.97 Å². The second-order valence-corrected chi connectivity index (χ2v) is 4.23. The molecule has 1 fully saturated rings. The van der Waals surface area contributed by atoms with Crippen LogP contribution in [0.5, 0.6) is 5.75 Å². The van der Waals surface area contributed by atoms with Gasteiger partial charge in [-0.05, 0) is 31.9 Å². The first-order valence-corrected chi connectivity index (χ1v) is 5.69. The van der Waals surface area contributed by atoms with Crippen molar-refractivity contribution >= 4 is 11.9 Å². The third-order valence-electron chi connectivity index (χ3n) is 2.50. The van der Waals surface area contributed by atoms with E-state index in [4.69, 9.17) is 9.84 Å². The van der Waals surface area contributed by atoms with Crippen LogP contribution in [-0.4, -0.2) is 34.6 Å². The molecule has 6 nitrogen and oxygen atoms in total. The molecule has 1 saturated carbocycles. The van der Waals surface area contributed by atoms with E-state index in [0.717, 1.165) is 12.8 Å². The molecule has 0 aromatic carbocycles. The van der Waals surface area contributed by atoms with Crippen LogP contribution < -0.4 is 10.1 Å². The number of amides is 1. The number of hydrogen-bond donors (Lipinski definition) is 2. The van der Waals surface area contributed by atoms with Gasteiger partial charge in [0.05, 0.1) is 0 Å². The van der Waals surface area contributed by atoms with Crippen molar-refractivity contribution in [1.29, 1.82) is 0 Å². The van der Waals surface area contributed by atoms with Gasteiger partial charge in [0.15, 0.2) is 18.1 Å². The molecule has 2 N–H and O–H groups in total. The van der Waals surface area contributed by atoms with E-state index in [9.17, 15) is 9.59 Å². The lowest BCUT2D eigenvalue weighted by atomic mass is 10.3. The minimum absolute atomic E-state index is 0.110. The van der Waals surface area contributed by atoms with E-state index in [1.54, 1.807) is 13.0 Å². The van der Waals surface area contributed by atoms with Crippen LogP contribution >= 0.6 is 0 Å². The van der Waals surface area contributed by atoms with Crippen LogP contribution in [0.4, 0.5) is 0 Å². The van der Waals surface area contributed by atoms with Crippen molar-refractivity contribution in [1.82, 2.24) is 10.3 Å². The molecule has 18 heavy (non-hydrogen) atoms. The highest BCUT2D eigenvalue weighted by atomic mass is 16.5. The lowest BCUT2D eigenvalue weighted by Crippen LogP contribution is -2.30. The molecule has 1 aliphatic rings. The summed E-state index contributed by atoms with van der Waals surface area (Å²) in [7, 11) is 0. The summed E-state index contributed by atoms with van der Waals surface area (Å²) < 4.78 is 5.19. The predicted molar refractivity (Wildman–Crippen MR) is 62.6 cm³/mol. The Morgan fingerprint density at radius 2 is 2.22 bits per heavy atom. The van der Waals surface area contributed by atoms with Gasteiger partial charge in [-0.3, -0.25) is 4.79 Å². The Hall–Kier alpha value is -2.11. The maximum Gasteiger partial charge on any atom is 0.358 e. The quantitative estimate of drug-likeness (QED) is 0.804. The molecule has 0 atom stereocenters. The molecule has 1 heterocycles. The highest BCUT2D eigenvalue weighted by Gasteiger charge is 2.23. The Kier molecular flexibility index (Phi) is 3.45. The Balaban J connectivity index is 1.99. The number of hydrogen-bond acceptors (Lipinski definition) is 4. The van der Waals surface area contributed by atoms with E-state index in [2.05, 4.69) is 10.3 Å². The van der Waals surface area contributed by atoms with Gasteiger partial charge in [-0.2, -0.15) is 0 Å². The zero-order valence-electron chi connectivity index (χ0n) is 9.97. The molecule has 1 aliphatic carbocycles. The number of nitrogens with zero attached hydrogens (tertiary/aromatic N) is 1. The van der Waals surface area contributed by atoms with Crippen LogP contribution in [0.2, 0.25) is 0 Å². The third kappa shape index (κ3) is 3.19. The van der Waals surface area contributed by atoms with E-state index in [-0.39, 0.29) is 30.0 Å². The van der Waals surface area contributed by atoms with Crippen molar-refractivity contribution < 1.29 is 19.4 Å². The van der Waals surface area contributed by atoms with Gasteiger partial charge in [0.25, 0.3) is 5.91 Å². The molecule has 0 saturated heterocycles. The van der Waals surface area contributed by atoms with E-state index in [0.29, 0.717) is 5.69 Å². The first-order chi connectivity index (χ1) is 8.56. The molecule has 96 valence electrons. The minimum atomic E-state index is -1.17. The smallest absolute Gasteiger partial charge is 0.358 e. The SMILES string of the molecule is Cc1ccc(OCC(=O)NC2CC2)c(C(=O)O)n1. The van der Waals surface area contributed by atoms with Crippen molar-refractivity contribution in [3.05, 3.63) is 23.5 Å². The Labute approximate surface area is 104 Å². The van der Waals surface area contributed by atoms with Crippen LogP contribution in [-0.2, 0) is 4.79 Å². The fraction of sp³-hybridized carbons (Fsp3) is 0.417. The molecule has 6 heteroatoms. The van der Waals surface area contributed by atoms with Crippen molar-refractivity contribution in [2.75, 3.05) is 6.61 Å². The number of aromatic nitrogens is 1. The summed E-state index contributed by atoms with van der Waals surface area (Å²) in [5.74, 6) is -1.30. The molecule has 0 bridgehead atoms. The Morgan fingerprint density at radius 1 is 1.50 bits per heavy atom. The molecule has 0 unspecified atom stereocenters. The maximum absolute atomic E-state index is 11.4. The molecule has 1 amide bonds. The summed E-state index contributed by atoms with van der Waals surface area (Å²) in [6, 6.07) is 3.41. The average molecular weight is 250 g/mol. The van der Waals surface area contributed by atoms with E-state index < -0.39 is 5.97 Å². The fourth-order valence-corrected chi connectivity index (χ4v) is 1.45. The number of ether oxygens (including phenoxy) is 1. The summed E-state index contributed by atoms with van der Waals surface area (Å²) >= 11 is 0. The zero-order valence-corrected chi connectivity index (χ0v) is 9.97. The normalized spacial score (nSPS) is 14.1. The highest BCUT2D eigenvalue weighted by molar-refractivity contribution is 5.88. The van der Waals surface area contributed by atoms with Crippen LogP contribution in [0.25, 0.3) is 0 Å². The number of nitrogens with one attached hydrogen (secondary N) is 1. The summed E-state index contributed by atoms with van der Waals surface area (Å²) in [4.78, 5) is 26.2. The summed E-state index contributed by atoms with van der Waals surface area (Å²) in [6.07, 6.45) is 2.00. The molecule has 0 radical (unpaired) electrons. The lowest BCUT2D eigenvalue weighted by molar-refractivity contribution is -0.123. The van der Waals surface area contributed by atoms with Crippen molar-refractivity contribution in [3.8, 4) is 5.75 Å². The second kappa shape index (κ2) is 5.03. The second-order valence-electron chi connectivity index (χ2n) is 4.23. The number of carbonyl (C=O) groups is 2. The van der Waals surface area contributed by atoms with Crippen LogP contribution in [0.1, 0.15) is 29.0 Å². The minimum Gasteiger partial charge on any atom is -0.481 e. The number of aryl methyl sites for hydroxylation is 1. The largest absolute Gasteiger partial charge is 0.481 e. The van der Waals surface area contributed by atoms with Crippen molar-refractivity contribution in [3.63, 3.8) is 0 Å². The van der Waals surface area contributed by atoms with Gasteiger partial charge in [0.2, 0.25) is 0 Å². The molecule has 2 rings (SSSR count). The van der Waals surface area contributed by atoms with Crippen LogP contribution in [0.15, 0.2) is 12.1 Å². The van der Waals surface area contributed by atoms with Gasteiger partial charge in [-0.25, -0.2) is 9.78 Å². The standard InChI is InChI=1S/C12H14N2O4/c1-7-2-5-9(11(13-7)12(16)17)18-6-10(15)14-8-3-4-8/h2,5,8H,3-4,6H2,1H3,(H,14,15)(H,16,17). The van der Waals surface area contributed by atoms with E-state index >= 15 is 0 Å². The maximum atomic E-state index is 11.4. The van der Waals surface area contributed by atoms with Crippen LogP contribution in [0.3, 0.4) is 0 Å². The summed E-state index contributed by atoms with van der Waals surface area (Å²) in [5.41, 5.74) is 0.413. The van der Waals surface area contributed by atoms with Crippen molar-refractivity contribution in [2.24, 2.45) is 0 Å². The predicted octanol–water partition coefficient (Wildman–Crippen LogP) is 0.746. The van der Waals surface area contributed by atoms with Gasteiger partial charge < -0.3 is 15.2 Å². The third-order valence-corrected chi connectivity index (χ3v) is 2.50. The summed E-state index contributed by atoms with van der Waals surface area (Å²) in [5, 5.41) is 11.7. The monoisotopic (exact) mass is 250 g/mol. The topological polar surface area (TPSA) is 88.5 Å². The molecule has 0 spiro atoms. The molecular weight excluding hydrogens is 236 g/mol. The Bertz CT molecular complexity index is 483. The van der Waals surface area contributed by atoms with E-state index in [1.807, 2.05) is 0 Å². The van der Waals surface area contributed by atoms with Gasteiger partial charge in [0, 0.05) is 11.7 Å². The Morgan fingerprint density at radius 3 is 2.83 bits per heavy atom. The van der Waals surface area contributed by atoms with Crippen molar-refractivity contribution in [2.45, 2.75) is 25.8 Å². The molecular formula is C12H14N2O4. The number of carboxylic acids is 1. The number of rotatable bonds is 5. The van der Waals surface area contributed by atoms with Gasteiger partial charge in [0.1, 0.15) is 0 Å². The summed E-state index contributed by atoms with van der Waals surface area (Å²) in [6.45, 7) is 1.50. The number of carbonyl (C=O) groups excluding carboxylic acids is 1. The van der Waals surface area contributed by atoms with Gasteiger partial charge in [-0.1, -0.05) is 0 Å². The molecule has 1 aromatic rings. The fourth-order valence-electron chi connectivity index (χ4n) is 1.45. The van der Waals surface area contributed by atoms with E-state index in [1.165, 1.54) is 6.07 Å². The highest BCUT2D eigenvalue weighted by Crippen LogP contribution is 2.19. The number of pyridine rings is 1. The number of aromatic carboxylic acids is 1.